The van der Waals surface area contributed by atoms with Gasteiger partial charge in [0.2, 0.25) is 0 Å². The van der Waals surface area contributed by atoms with E-state index in [4.69, 9.17) is 4.74 Å². The molecule has 8 heteroatoms. The molecule has 33 heavy (non-hydrogen) atoms. The molecule has 7 nitrogen and oxygen atoms in total. The molecule has 1 N–H and O–H groups in total. The zero-order valence-corrected chi connectivity index (χ0v) is 18.1. The Kier molecular flexibility index (Phi) is 6.53. The van der Waals surface area contributed by atoms with Crippen LogP contribution in [0.1, 0.15) is 30.5 Å². The number of nitrogens with zero attached hydrogens (tertiary/aromatic N) is 3. The number of rotatable bonds is 8. The van der Waals surface area contributed by atoms with Gasteiger partial charge in [0.05, 0.1) is 24.5 Å². The fourth-order valence-corrected chi connectivity index (χ4v) is 4.00. The Balaban J connectivity index is 1.73. The Morgan fingerprint density at radius 2 is 1.94 bits per heavy atom. The van der Waals surface area contributed by atoms with E-state index in [0.29, 0.717) is 36.4 Å². The average molecular weight is 449 g/mol. The molecule has 1 fully saturated rings. The summed E-state index contributed by atoms with van der Waals surface area (Å²) in [6.07, 6.45) is 5.73. The van der Waals surface area contributed by atoms with Gasteiger partial charge in [-0.1, -0.05) is 24.3 Å². The van der Waals surface area contributed by atoms with Gasteiger partial charge in [-0.2, -0.15) is 0 Å². The second-order valence-electron chi connectivity index (χ2n) is 7.66. The Bertz CT molecular complexity index is 1170. The Morgan fingerprint density at radius 1 is 1.15 bits per heavy atom. The second-order valence-corrected chi connectivity index (χ2v) is 7.66. The predicted octanol–water partition coefficient (Wildman–Crippen LogP) is 3.93. The van der Waals surface area contributed by atoms with E-state index in [0.717, 1.165) is 0 Å². The van der Waals surface area contributed by atoms with E-state index in [1.54, 1.807) is 36.8 Å². The zero-order chi connectivity index (χ0) is 23.4. The first kappa shape index (κ1) is 22.3. The van der Waals surface area contributed by atoms with Crippen molar-refractivity contribution in [3.63, 3.8) is 0 Å². The van der Waals surface area contributed by atoms with Gasteiger partial charge in [-0.15, -0.1) is 0 Å². The summed E-state index contributed by atoms with van der Waals surface area (Å²) in [5, 5.41) is 11.1. The highest BCUT2D eigenvalue weighted by Gasteiger charge is 2.45. The molecule has 2 heterocycles. The molecule has 1 saturated heterocycles. The normalized spacial score (nSPS) is 17.5. The molecule has 2 aromatic carbocycles. The number of halogens is 1. The zero-order valence-electron chi connectivity index (χ0n) is 18.1. The predicted molar refractivity (Wildman–Crippen MR) is 120 cm³/mol. The molecule has 1 aromatic heterocycles. The van der Waals surface area contributed by atoms with Crippen molar-refractivity contribution in [1.29, 1.82) is 0 Å². The summed E-state index contributed by atoms with van der Waals surface area (Å²) < 4.78 is 21.0. The van der Waals surface area contributed by atoms with Gasteiger partial charge >= 0.3 is 0 Å². The second kappa shape index (κ2) is 9.68. The van der Waals surface area contributed by atoms with Crippen LogP contribution in [0.15, 0.2) is 72.8 Å². The maximum atomic E-state index is 13.6. The highest BCUT2D eigenvalue weighted by molar-refractivity contribution is 6.46. The van der Waals surface area contributed by atoms with Gasteiger partial charge in [0, 0.05) is 31.0 Å². The Labute approximate surface area is 190 Å². The monoisotopic (exact) mass is 449 g/mol. The number of ketones is 1. The van der Waals surface area contributed by atoms with E-state index >= 15 is 0 Å². The summed E-state index contributed by atoms with van der Waals surface area (Å²) in [6, 6.07) is 11.5. The summed E-state index contributed by atoms with van der Waals surface area (Å²) in [5.41, 5.74) is 0.883. The molecule has 0 aliphatic carbocycles. The van der Waals surface area contributed by atoms with Crippen molar-refractivity contribution in [3.8, 4) is 5.75 Å². The Hall–Kier alpha value is -3.94. The van der Waals surface area contributed by atoms with Crippen LogP contribution in [0, 0.1) is 5.82 Å². The number of carbonyl (C=O) groups is 2. The van der Waals surface area contributed by atoms with Crippen molar-refractivity contribution in [3.05, 3.63) is 89.8 Å². The van der Waals surface area contributed by atoms with Gasteiger partial charge < -0.3 is 19.3 Å². The third kappa shape index (κ3) is 4.64. The topological polar surface area (TPSA) is 84.7 Å². The van der Waals surface area contributed by atoms with Gasteiger partial charge in [-0.05, 0) is 43.2 Å². The van der Waals surface area contributed by atoms with E-state index in [1.165, 1.54) is 29.2 Å². The highest BCUT2D eigenvalue weighted by atomic mass is 19.1. The summed E-state index contributed by atoms with van der Waals surface area (Å²) >= 11 is 0. The number of aryl methyl sites for hydroxylation is 1. The number of amides is 1. The standard InChI is InChI=1S/C25H24FN3O4/c1-2-33-20-6-3-5-18(15-20)23(30)21-22(17-7-9-19(26)10-8-17)29(25(32)24(21)31)13-4-12-28-14-11-27-16-28/h3,5-11,14-16,22,30H,2,4,12-13H2,1H3. The summed E-state index contributed by atoms with van der Waals surface area (Å²) in [5.74, 6) is -1.65. The highest BCUT2D eigenvalue weighted by Crippen LogP contribution is 2.39. The molecule has 1 amide bonds. The van der Waals surface area contributed by atoms with Crippen LogP contribution in [0.3, 0.4) is 0 Å². The molecule has 0 saturated carbocycles. The lowest BCUT2D eigenvalue weighted by Crippen LogP contribution is -2.31. The SMILES string of the molecule is CCOc1cccc(C(O)=C2C(=O)C(=O)N(CCCn3ccnc3)C2c2ccc(F)cc2)c1. The number of carbonyl (C=O) groups excluding carboxylic acids is 2. The molecule has 170 valence electrons. The van der Waals surface area contributed by atoms with Crippen molar-refractivity contribution in [2.75, 3.05) is 13.2 Å². The number of aliphatic hydroxyl groups is 1. The molecule has 1 atom stereocenters. The molecule has 0 radical (unpaired) electrons. The number of Topliss-reactive ketones (excluding diaryl/α,β-unsaturated/α-hetero) is 1. The molecule has 0 spiro atoms. The molecule has 4 rings (SSSR count). The van der Waals surface area contributed by atoms with Crippen molar-refractivity contribution in [2.24, 2.45) is 0 Å². The Morgan fingerprint density at radius 3 is 2.64 bits per heavy atom. The first-order valence-electron chi connectivity index (χ1n) is 10.7. The number of benzene rings is 2. The molecule has 1 aliphatic heterocycles. The first-order valence-corrected chi connectivity index (χ1v) is 10.7. The number of aromatic nitrogens is 2. The van der Waals surface area contributed by atoms with E-state index in [2.05, 4.69) is 4.98 Å². The van der Waals surface area contributed by atoms with Crippen LogP contribution >= 0.6 is 0 Å². The van der Waals surface area contributed by atoms with E-state index in [9.17, 15) is 19.1 Å². The largest absolute Gasteiger partial charge is 0.507 e. The lowest BCUT2D eigenvalue weighted by Gasteiger charge is -2.25. The number of aliphatic hydroxyl groups excluding tert-OH is 1. The fraction of sp³-hybridized carbons (Fsp3) is 0.240. The quantitative estimate of drug-likeness (QED) is 0.320. The van der Waals surface area contributed by atoms with Gasteiger partial charge in [-0.25, -0.2) is 9.37 Å². The van der Waals surface area contributed by atoms with Crippen molar-refractivity contribution < 1.29 is 23.8 Å². The lowest BCUT2D eigenvalue weighted by atomic mass is 9.95. The van der Waals surface area contributed by atoms with Crippen LogP contribution < -0.4 is 4.74 Å². The number of ether oxygens (including phenoxy) is 1. The van der Waals surface area contributed by atoms with Gasteiger partial charge in [0.15, 0.2) is 0 Å². The molecular formula is C25H24FN3O4. The van der Waals surface area contributed by atoms with Crippen molar-refractivity contribution >= 4 is 17.4 Å². The van der Waals surface area contributed by atoms with Crippen LogP contribution in [0.5, 0.6) is 5.75 Å². The van der Waals surface area contributed by atoms with Crippen LogP contribution in [-0.4, -0.2) is 44.4 Å². The minimum Gasteiger partial charge on any atom is -0.507 e. The maximum absolute atomic E-state index is 13.6. The first-order chi connectivity index (χ1) is 16.0. The van der Waals surface area contributed by atoms with Gasteiger partial charge in [0.25, 0.3) is 11.7 Å². The molecule has 0 bridgehead atoms. The third-order valence-electron chi connectivity index (χ3n) is 5.52. The van der Waals surface area contributed by atoms with E-state index < -0.39 is 23.5 Å². The summed E-state index contributed by atoms with van der Waals surface area (Å²) in [7, 11) is 0. The molecule has 1 unspecified atom stereocenters. The van der Waals surface area contributed by atoms with Gasteiger partial charge in [-0.3, -0.25) is 9.59 Å². The van der Waals surface area contributed by atoms with Gasteiger partial charge in [0.1, 0.15) is 17.3 Å². The average Bonchev–Trinajstić information content (AvgIpc) is 3.42. The number of likely N-dealkylation sites (tertiary alicyclic amines) is 1. The van der Waals surface area contributed by atoms with E-state index in [-0.39, 0.29) is 17.9 Å². The van der Waals surface area contributed by atoms with Crippen molar-refractivity contribution in [1.82, 2.24) is 14.5 Å². The molecular weight excluding hydrogens is 425 g/mol. The van der Waals surface area contributed by atoms with Crippen LogP contribution in [0.4, 0.5) is 4.39 Å². The third-order valence-corrected chi connectivity index (χ3v) is 5.52. The lowest BCUT2D eigenvalue weighted by molar-refractivity contribution is -0.139. The number of imidazole rings is 1. The maximum Gasteiger partial charge on any atom is 0.295 e. The smallest absolute Gasteiger partial charge is 0.295 e. The van der Waals surface area contributed by atoms with Crippen LogP contribution in [0.25, 0.3) is 5.76 Å². The molecule has 3 aromatic rings. The number of hydrogen-bond acceptors (Lipinski definition) is 5. The summed E-state index contributed by atoms with van der Waals surface area (Å²) in [4.78, 5) is 31.5. The van der Waals surface area contributed by atoms with Crippen LogP contribution in [0.2, 0.25) is 0 Å². The molecule has 1 aliphatic rings. The minimum atomic E-state index is -0.830. The summed E-state index contributed by atoms with van der Waals surface area (Å²) in [6.45, 7) is 3.17. The fourth-order valence-electron chi connectivity index (χ4n) is 4.00. The minimum absolute atomic E-state index is 0.0251. The van der Waals surface area contributed by atoms with Crippen molar-refractivity contribution in [2.45, 2.75) is 25.9 Å². The van der Waals surface area contributed by atoms with E-state index in [1.807, 2.05) is 17.7 Å². The number of hydrogen-bond donors (Lipinski definition) is 1. The van der Waals surface area contributed by atoms with Crippen LogP contribution in [-0.2, 0) is 16.1 Å².